The Morgan fingerprint density at radius 2 is 1.15 bits per heavy atom. The first kappa shape index (κ1) is 24.1. The Balaban J connectivity index is 3.44. The van der Waals surface area contributed by atoms with Crippen LogP contribution >= 0.6 is 6.75 Å². The van der Waals surface area contributed by atoms with Crippen LogP contribution in [0.5, 0.6) is 0 Å². The Morgan fingerprint density at radius 3 is 1.48 bits per heavy atom. The van der Waals surface area contributed by atoms with E-state index in [4.69, 9.17) is 5.41 Å². The molecule has 2 N–H and O–H groups in total. The van der Waals surface area contributed by atoms with Crippen LogP contribution in [-0.2, 0) is 0 Å². The van der Waals surface area contributed by atoms with E-state index in [9.17, 15) is 5.21 Å². The SMILES string of the molecule is CCCCP(CCCC)(CCCC)(CCCC)N(O)C(=N)c1ccccc1. The fraction of sp³-hybridized carbons (Fsp3) is 0.696. The first-order valence-corrected chi connectivity index (χ1v) is 14.1. The molecule has 0 saturated heterocycles. The molecule has 0 atom stereocenters. The number of rotatable bonds is 14. The van der Waals surface area contributed by atoms with Crippen LogP contribution in [0.15, 0.2) is 30.3 Å². The van der Waals surface area contributed by atoms with Gasteiger partial charge in [-0.1, -0.05) is 0 Å². The summed E-state index contributed by atoms with van der Waals surface area (Å²) in [6.45, 7) is 6.36. The summed E-state index contributed by atoms with van der Waals surface area (Å²) >= 11 is 0. The second-order valence-corrected chi connectivity index (χ2v) is 14.2. The fourth-order valence-corrected chi connectivity index (χ4v) is 11.6. The van der Waals surface area contributed by atoms with Crippen molar-refractivity contribution in [3.63, 3.8) is 0 Å². The molecule has 1 rings (SSSR count). The first-order chi connectivity index (χ1) is 13.0. The van der Waals surface area contributed by atoms with E-state index in [0.717, 1.165) is 81.6 Å². The van der Waals surface area contributed by atoms with Gasteiger partial charge < -0.3 is 0 Å². The molecular formula is C23H43N2OP. The van der Waals surface area contributed by atoms with Crippen molar-refractivity contribution in [2.75, 3.05) is 24.6 Å². The van der Waals surface area contributed by atoms with E-state index < -0.39 is 6.75 Å². The van der Waals surface area contributed by atoms with Gasteiger partial charge in [0, 0.05) is 0 Å². The van der Waals surface area contributed by atoms with Gasteiger partial charge in [-0.05, 0) is 0 Å². The van der Waals surface area contributed by atoms with Gasteiger partial charge in [-0.25, -0.2) is 0 Å². The van der Waals surface area contributed by atoms with Crippen LogP contribution in [0.3, 0.4) is 0 Å². The molecule has 156 valence electrons. The molecule has 0 aliphatic carbocycles. The molecule has 0 unspecified atom stereocenters. The van der Waals surface area contributed by atoms with Crippen molar-refractivity contribution < 1.29 is 5.21 Å². The van der Waals surface area contributed by atoms with Gasteiger partial charge in [0.1, 0.15) is 0 Å². The summed E-state index contributed by atoms with van der Waals surface area (Å²) in [5.74, 6) is 0.313. The monoisotopic (exact) mass is 394 g/mol. The molecule has 1 aromatic carbocycles. The Bertz CT molecular complexity index is 503. The van der Waals surface area contributed by atoms with Crippen LogP contribution in [0.25, 0.3) is 0 Å². The van der Waals surface area contributed by atoms with E-state index in [0.29, 0.717) is 5.84 Å². The molecule has 0 radical (unpaired) electrons. The Labute approximate surface area is 168 Å². The molecule has 4 heteroatoms. The third kappa shape index (κ3) is 6.03. The number of unbranched alkanes of at least 4 members (excludes halogenated alkanes) is 4. The normalized spacial score (nSPS) is 13.1. The third-order valence-corrected chi connectivity index (χ3v) is 13.3. The molecule has 0 saturated carbocycles. The van der Waals surface area contributed by atoms with Gasteiger partial charge in [-0.3, -0.25) is 0 Å². The third-order valence-electron chi connectivity index (χ3n) is 6.13. The maximum atomic E-state index is 11.7. The fourth-order valence-electron chi connectivity index (χ4n) is 4.30. The molecule has 27 heavy (non-hydrogen) atoms. The molecule has 0 heterocycles. The zero-order chi connectivity index (χ0) is 20.2. The van der Waals surface area contributed by atoms with Crippen LogP contribution in [0, 0.1) is 5.41 Å². The number of benzene rings is 1. The molecule has 0 aliphatic rings. The van der Waals surface area contributed by atoms with Gasteiger partial charge in [0.05, 0.1) is 0 Å². The molecule has 3 nitrogen and oxygen atoms in total. The van der Waals surface area contributed by atoms with Gasteiger partial charge in [-0.2, -0.15) is 0 Å². The van der Waals surface area contributed by atoms with E-state index in [1.807, 2.05) is 30.3 Å². The molecule has 0 amide bonds. The average Bonchev–Trinajstić information content (AvgIpc) is 2.72. The molecule has 1 aromatic rings. The number of nitrogens with one attached hydrogen (secondary N) is 1. The van der Waals surface area contributed by atoms with Crippen molar-refractivity contribution in [1.82, 2.24) is 4.83 Å². The van der Waals surface area contributed by atoms with Gasteiger partial charge in [0.25, 0.3) is 0 Å². The second kappa shape index (κ2) is 11.8. The summed E-state index contributed by atoms with van der Waals surface area (Å²) in [6, 6.07) is 9.80. The maximum absolute atomic E-state index is 11.7. The molecule has 0 aliphatic heterocycles. The number of hydrogen-bond donors (Lipinski definition) is 2. The van der Waals surface area contributed by atoms with Crippen molar-refractivity contribution >= 4 is 12.6 Å². The van der Waals surface area contributed by atoms with E-state index in [1.165, 1.54) is 0 Å². The first-order valence-electron chi connectivity index (χ1n) is 11.1. The van der Waals surface area contributed by atoms with Gasteiger partial charge in [0.15, 0.2) is 0 Å². The molecule has 0 fully saturated rings. The van der Waals surface area contributed by atoms with Crippen LogP contribution in [0.1, 0.15) is 84.6 Å². The van der Waals surface area contributed by atoms with Crippen LogP contribution in [0.2, 0.25) is 0 Å². The number of hydrogen-bond acceptors (Lipinski definition) is 2. The van der Waals surface area contributed by atoms with Crippen molar-refractivity contribution in [3.8, 4) is 0 Å². The Hall–Kier alpha value is -0.920. The van der Waals surface area contributed by atoms with E-state index in [-0.39, 0.29) is 0 Å². The predicted octanol–water partition coefficient (Wildman–Crippen LogP) is 7.37. The molecular weight excluding hydrogens is 351 g/mol. The Kier molecular flexibility index (Phi) is 10.6. The zero-order valence-electron chi connectivity index (χ0n) is 18.2. The number of hydroxylamine groups is 1. The van der Waals surface area contributed by atoms with Crippen molar-refractivity contribution in [3.05, 3.63) is 35.9 Å². The standard InChI is InChI=1S/C23H43N2OP/c1-5-9-18-27(19-10-6-2,20-11-7-3,21-12-8-4)25(26)23(24)22-16-14-13-15-17-22/h13-17,24,26H,5-12,18-21H2,1-4H3. The van der Waals surface area contributed by atoms with E-state index in [2.05, 4.69) is 27.7 Å². The van der Waals surface area contributed by atoms with Gasteiger partial charge >= 0.3 is 168 Å². The molecule has 0 aromatic heterocycles. The van der Waals surface area contributed by atoms with Crippen LogP contribution in [-0.4, -0.2) is 40.5 Å². The van der Waals surface area contributed by atoms with E-state index in [1.54, 1.807) is 4.83 Å². The average molecular weight is 395 g/mol. The summed E-state index contributed by atoms with van der Waals surface area (Å²) in [5, 5.41) is 20.6. The second-order valence-electron chi connectivity index (χ2n) is 8.22. The minimum atomic E-state index is -2.62. The van der Waals surface area contributed by atoms with Gasteiger partial charge in [0.2, 0.25) is 0 Å². The number of nitrogens with zero attached hydrogens (tertiary/aromatic N) is 1. The predicted molar refractivity (Wildman–Crippen MR) is 123 cm³/mol. The number of amidine groups is 1. The van der Waals surface area contributed by atoms with Crippen LogP contribution < -0.4 is 0 Å². The summed E-state index contributed by atoms with van der Waals surface area (Å²) < 4.78 is 0. The van der Waals surface area contributed by atoms with Crippen molar-refractivity contribution in [2.45, 2.75) is 79.1 Å². The molecule has 0 bridgehead atoms. The van der Waals surface area contributed by atoms with Crippen LogP contribution in [0.4, 0.5) is 0 Å². The van der Waals surface area contributed by atoms with Crippen molar-refractivity contribution in [2.24, 2.45) is 0 Å². The van der Waals surface area contributed by atoms with Crippen molar-refractivity contribution in [1.29, 1.82) is 5.41 Å². The summed E-state index contributed by atoms with van der Waals surface area (Å²) in [6.07, 6.45) is 13.5. The van der Waals surface area contributed by atoms with Gasteiger partial charge in [-0.15, -0.1) is 0 Å². The quantitative estimate of drug-likeness (QED) is 0.150. The molecule has 0 spiro atoms. The summed E-state index contributed by atoms with van der Waals surface area (Å²) in [4.78, 5) is 1.55. The minimum absolute atomic E-state index is 0.313. The Morgan fingerprint density at radius 1 is 0.778 bits per heavy atom. The van der Waals surface area contributed by atoms with E-state index >= 15 is 0 Å². The zero-order valence-corrected chi connectivity index (χ0v) is 19.1. The summed E-state index contributed by atoms with van der Waals surface area (Å²) in [5.41, 5.74) is 0.829. The topological polar surface area (TPSA) is 47.3 Å². The summed E-state index contributed by atoms with van der Waals surface area (Å²) in [7, 11) is 0.